The molecule has 88 valence electrons. The van der Waals surface area contributed by atoms with Gasteiger partial charge in [-0.1, -0.05) is 28.9 Å². The van der Waals surface area contributed by atoms with Crippen LogP contribution in [0.4, 0.5) is 18.9 Å². The smallest absolute Gasteiger partial charge is 0.318 e. The van der Waals surface area contributed by atoms with E-state index < -0.39 is 12.1 Å². The summed E-state index contributed by atoms with van der Waals surface area (Å²) in [6, 6.07) is 4.55. The molecule has 16 heavy (non-hydrogen) atoms. The lowest BCUT2D eigenvalue weighted by atomic mass is 10.1. The van der Waals surface area contributed by atoms with E-state index in [-0.39, 0.29) is 5.69 Å². The first-order valence-corrected chi connectivity index (χ1v) is 5.30. The quantitative estimate of drug-likeness (QED) is 0.889. The zero-order valence-electron chi connectivity index (χ0n) is 8.36. The molecule has 1 N–H and O–H groups in total. The van der Waals surface area contributed by atoms with E-state index in [1.165, 1.54) is 12.1 Å². The fraction of sp³-hybridized carbons (Fsp3) is 0.300. The topological polar surface area (TPSA) is 29.1 Å². The molecule has 6 heteroatoms. The van der Waals surface area contributed by atoms with Crippen molar-refractivity contribution in [3.8, 4) is 0 Å². The van der Waals surface area contributed by atoms with Gasteiger partial charge in [-0.2, -0.15) is 13.2 Å². The second-order valence-corrected chi connectivity index (χ2v) is 3.97. The van der Waals surface area contributed by atoms with Crippen LogP contribution in [0, 0.1) is 0 Å². The van der Waals surface area contributed by atoms with Gasteiger partial charge >= 0.3 is 12.1 Å². The zero-order valence-corrected chi connectivity index (χ0v) is 9.95. The summed E-state index contributed by atoms with van der Waals surface area (Å²) in [7, 11) is 0. The molecule has 1 rings (SSSR count). The molecule has 0 aliphatic carbocycles. The van der Waals surface area contributed by atoms with E-state index in [2.05, 4.69) is 15.9 Å². The van der Waals surface area contributed by atoms with E-state index in [0.29, 0.717) is 4.47 Å². The van der Waals surface area contributed by atoms with E-state index in [9.17, 15) is 18.0 Å². The molecule has 0 aromatic heterocycles. The molecule has 1 amide bonds. The van der Waals surface area contributed by atoms with Crippen molar-refractivity contribution in [3.63, 3.8) is 0 Å². The standard InChI is InChI=1S/C10H9BrF3NO/c1-2-6-3-4-7(5-8(6)11)15-9(16)10(12,13)14/h3-5H,2H2,1H3,(H,15,16). The number of hydrogen-bond acceptors (Lipinski definition) is 1. The monoisotopic (exact) mass is 295 g/mol. The van der Waals surface area contributed by atoms with Crippen molar-refractivity contribution in [1.82, 2.24) is 0 Å². The second kappa shape index (κ2) is 4.86. The Balaban J connectivity index is 2.84. The third-order valence-electron chi connectivity index (χ3n) is 1.95. The summed E-state index contributed by atoms with van der Waals surface area (Å²) in [6.45, 7) is 1.92. The molecule has 0 aliphatic heterocycles. The van der Waals surface area contributed by atoms with Gasteiger partial charge in [0.25, 0.3) is 0 Å². The van der Waals surface area contributed by atoms with Crippen molar-refractivity contribution in [2.75, 3.05) is 5.32 Å². The van der Waals surface area contributed by atoms with Gasteiger partial charge in [0.05, 0.1) is 0 Å². The van der Waals surface area contributed by atoms with Crippen molar-refractivity contribution >= 4 is 27.5 Å². The maximum atomic E-state index is 12.0. The van der Waals surface area contributed by atoms with Gasteiger partial charge in [-0.05, 0) is 24.1 Å². The minimum atomic E-state index is -4.87. The number of carbonyl (C=O) groups excluding carboxylic acids is 1. The molecular formula is C10H9BrF3NO. The highest BCUT2D eigenvalue weighted by molar-refractivity contribution is 9.10. The summed E-state index contributed by atoms with van der Waals surface area (Å²) < 4.78 is 36.5. The van der Waals surface area contributed by atoms with Gasteiger partial charge in [-0.3, -0.25) is 4.79 Å². The summed E-state index contributed by atoms with van der Waals surface area (Å²) in [5.74, 6) is -1.97. The van der Waals surface area contributed by atoms with Crippen LogP contribution in [-0.2, 0) is 11.2 Å². The second-order valence-electron chi connectivity index (χ2n) is 3.11. The van der Waals surface area contributed by atoms with E-state index in [1.807, 2.05) is 6.92 Å². The lowest BCUT2D eigenvalue weighted by Crippen LogP contribution is -2.29. The van der Waals surface area contributed by atoms with Gasteiger partial charge in [-0.25, -0.2) is 0 Å². The molecular weight excluding hydrogens is 287 g/mol. The van der Waals surface area contributed by atoms with Crippen LogP contribution in [0.2, 0.25) is 0 Å². The molecule has 0 bridgehead atoms. The van der Waals surface area contributed by atoms with Gasteiger partial charge in [0, 0.05) is 10.2 Å². The number of nitrogens with one attached hydrogen (secondary N) is 1. The highest BCUT2D eigenvalue weighted by Crippen LogP contribution is 2.24. The molecule has 0 aliphatic rings. The Labute approximate surface area is 99.0 Å². The first-order chi connectivity index (χ1) is 7.34. The third-order valence-corrected chi connectivity index (χ3v) is 2.69. The molecule has 0 spiro atoms. The van der Waals surface area contributed by atoms with Crippen molar-refractivity contribution < 1.29 is 18.0 Å². The first kappa shape index (κ1) is 13.0. The van der Waals surface area contributed by atoms with Crippen molar-refractivity contribution in [2.45, 2.75) is 19.5 Å². The van der Waals surface area contributed by atoms with Crippen molar-refractivity contribution in [3.05, 3.63) is 28.2 Å². The predicted octanol–water partition coefficient (Wildman–Crippen LogP) is 3.51. The average molecular weight is 296 g/mol. The summed E-state index contributed by atoms with van der Waals surface area (Å²) in [5, 5.41) is 1.78. The minimum Gasteiger partial charge on any atom is -0.318 e. The molecule has 0 heterocycles. The molecule has 0 unspecified atom stereocenters. The number of anilines is 1. The molecule has 0 atom stereocenters. The lowest BCUT2D eigenvalue weighted by molar-refractivity contribution is -0.167. The Morgan fingerprint density at radius 1 is 1.44 bits per heavy atom. The number of rotatable bonds is 2. The maximum Gasteiger partial charge on any atom is 0.471 e. The van der Waals surface area contributed by atoms with Crippen molar-refractivity contribution in [1.29, 1.82) is 0 Å². The minimum absolute atomic E-state index is 0.117. The Kier molecular flexibility index (Phi) is 3.96. The Morgan fingerprint density at radius 3 is 2.50 bits per heavy atom. The number of halogens is 4. The first-order valence-electron chi connectivity index (χ1n) is 4.51. The van der Waals surface area contributed by atoms with Crippen LogP contribution in [0.15, 0.2) is 22.7 Å². The SMILES string of the molecule is CCc1ccc(NC(=O)C(F)(F)F)cc1Br. The van der Waals surface area contributed by atoms with Gasteiger partial charge < -0.3 is 5.32 Å². The van der Waals surface area contributed by atoms with Crippen LogP contribution in [0.3, 0.4) is 0 Å². The highest BCUT2D eigenvalue weighted by Gasteiger charge is 2.38. The van der Waals surface area contributed by atoms with Crippen LogP contribution < -0.4 is 5.32 Å². The van der Waals surface area contributed by atoms with Gasteiger partial charge in [0.2, 0.25) is 0 Å². The highest BCUT2D eigenvalue weighted by atomic mass is 79.9. The molecule has 0 fully saturated rings. The Hall–Kier alpha value is -1.04. The number of amides is 1. The predicted molar refractivity (Wildman–Crippen MR) is 58.2 cm³/mol. The molecule has 1 aromatic carbocycles. The number of benzene rings is 1. The maximum absolute atomic E-state index is 12.0. The summed E-state index contributed by atoms with van der Waals surface area (Å²) >= 11 is 3.22. The Bertz CT molecular complexity index is 404. The lowest BCUT2D eigenvalue weighted by Gasteiger charge is -2.09. The van der Waals surface area contributed by atoms with Crippen LogP contribution >= 0.6 is 15.9 Å². The van der Waals surface area contributed by atoms with Crippen LogP contribution in [-0.4, -0.2) is 12.1 Å². The summed E-state index contributed by atoms with van der Waals surface area (Å²) in [4.78, 5) is 10.6. The van der Waals surface area contributed by atoms with Crippen LogP contribution in [0.25, 0.3) is 0 Å². The van der Waals surface area contributed by atoms with E-state index in [0.717, 1.165) is 12.0 Å². The molecule has 0 radical (unpaired) electrons. The van der Waals surface area contributed by atoms with Crippen LogP contribution in [0.1, 0.15) is 12.5 Å². The third kappa shape index (κ3) is 3.23. The number of alkyl halides is 3. The van der Waals surface area contributed by atoms with E-state index >= 15 is 0 Å². The summed E-state index contributed by atoms with van der Waals surface area (Å²) in [6.07, 6.45) is -4.11. The zero-order chi connectivity index (χ0) is 12.3. The summed E-state index contributed by atoms with van der Waals surface area (Å²) in [5.41, 5.74) is 1.08. The number of carbonyl (C=O) groups is 1. The van der Waals surface area contributed by atoms with Crippen LogP contribution in [0.5, 0.6) is 0 Å². The molecule has 0 saturated carbocycles. The fourth-order valence-corrected chi connectivity index (χ4v) is 1.77. The van der Waals surface area contributed by atoms with Crippen molar-refractivity contribution in [2.24, 2.45) is 0 Å². The van der Waals surface area contributed by atoms with Gasteiger partial charge in [-0.15, -0.1) is 0 Å². The van der Waals surface area contributed by atoms with E-state index in [4.69, 9.17) is 0 Å². The molecule has 0 saturated heterocycles. The number of hydrogen-bond donors (Lipinski definition) is 1. The normalized spacial score (nSPS) is 11.3. The van der Waals surface area contributed by atoms with Gasteiger partial charge in [0.1, 0.15) is 0 Å². The Morgan fingerprint density at radius 2 is 2.06 bits per heavy atom. The largest absolute Gasteiger partial charge is 0.471 e. The van der Waals surface area contributed by atoms with E-state index in [1.54, 1.807) is 11.4 Å². The number of aryl methyl sites for hydroxylation is 1. The van der Waals surface area contributed by atoms with Gasteiger partial charge in [0.15, 0.2) is 0 Å². The molecule has 1 aromatic rings. The average Bonchev–Trinajstić information content (AvgIpc) is 2.16. The fourth-order valence-electron chi connectivity index (χ4n) is 1.11. The molecule has 2 nitrogen and oxygen atoms in total.